The molecule has 0 unspecified atom stereocenters. The molecular weight excluding hydrogens is 285 g/mol. The minimum atomic E-state index is -0.327. The van der Waals surface area contributed by atoms with Gasteiger partial charge in [-0.05, 0) is 36.8 Å². The number of amides is 1. The van der Waals surface area contributed by atoms with Gasteiger partial charge in [0.05, 0.1) is 20.6 Å². The summed E-state index contributed by atoms with van der Waals surface area (Å²) in [5.41, 5.74) is 2.02. The molecule has 0 atom stereocenters. The quantitative estimate of drug-likeness (QED) is 0.921. The molecule has 0 aromatic heterocycles. The van der Waals surface area contributed by atoms with Gasteiger partial charge in [-0.2, -0.15) is 0 Å². The van der Waals surface area contributed by atoms with Gasteiger partial charge < -0.3 is 14.8 Å². The highest BCUT2D eigenvalue weighted by Gasteiger charge is 2.11. The van der Waals surface area contributed by atoms with Gasteiger partial charge in [0.15, 0.2) is 0 Å². The van der Waals surface area contributed by atoms with Crippen molar-refractivity contribution in [2.24, 2.45) is 0 Å². The summed E-state index contributed by atoms with van der Waals surface area (Å²) in [6.07, 6.45) is 0.157. The zero-order valence-electron chi connectivity index (χ0n) is 12.8. The Kier molecular flexibility index (Phi) is 4.99. The second-order valence-corrected chi connectivity index (χ2v) is 4.86. The number of anilines is 1. The number of methoxy groups -OCH3 is 2. The van der Waals surface area contributed by atoms with Gasteiger partial charge in [-0.1, -0.05) is 6.07 Å². The molecule has 22 heavy (non-hydrogen) atoms. The molecular formula is C17H18FNO3. The lowest BCUT2D eigenvalue weighted by Gasteiger charge is -2.12. The van der Waals surface area contributed by atoms with Crippen molar-refractivity contribution in [1.82, 2.24) is 0 Å². The van der Waals surface area contributed by atoms with E-state index in [1.807, 2.05) is 0 Å². The Morgan fingerprint density at radius 3 is 2.55 bits per heavy atom. The highest BCUT2D eigenvalue weighted by atomic mass is 19.1. The van der Waals surface area contributed by atoms with E-state index in [0.29, 0.717) is 22.7 Å². The lowest BCUT2D eigenvalue weighted by Crippen LogP contribution is -2.15. The number of hydrogen-bond acceptors (Lipinski definition) is 3. The normalized spacial score (nSPS) is 10.2. The molecule has 2 aromatic carbocycles. The Balaban J connectivity index is 2.12. The van der Waals surface area contributed by atoms with Crippen molar-refractivity contribution in [2.45, 2.75) is 13.3 Å². The van der Waals surface area contributed by atoms with E-state index in [0.717, 1.165) is 5.56 Å². The molecule has 2 aromatic rings. The van der Waals surface area contributed by atoms with Crippen LogP contribution in [-0.4, -0.2) is 20.1 Å². The summed E-state index contributed by atoms with van der Waals surface area (Å²) >= 11 is 0. The van der Waals surface area contributed by atoms with Crippen molar-refractivity contribution in [3.63, 3.8) is 0 Å². The second-order valence-electron chi connectivity index (χ2n) is 4.86. The Morgan fingerprint density at radius 1 is 1.14 bits per heavy atom. The fraction of sp³-hybridized carbons (Fsp3) is 0.235. The van der Waals surface area contributed by atoms with Crippen LogP contribution in [0, 0.1) is 12.7 Å². The van der Waals surface area contributed by atoms with Gasteiger partial charge >= 0.3 is 0 Å². The molecule has 0 saturated heterocycles. The first-order valence-electron chi connectivity index (χ1n) is 6.80. The van der Waals surface area contributed by atoms with Crippen LogP contribution in [0.15, 0.2) is 36.4 Å². The van der Waals surface area contributed by atoms with Crippen LogP contribution in [0.5, 0.6) is 11.5 Å². The molecule has 1 amide bonds. The smallest absolute Gasteiger partial charge is 0.228 e. The first-order valence-corrected chi connectivity index (χ1v) is 6.80. The predicted octanol–water partition coefficient (Wildman–Crippen LogP) is 3.33. The zero-order chi connectivity index (χ0) is 16.1. The summed E-state index contributed by atoms with van der Waals surface area (Å²) in [4.78, 5) is 12.1. The van der Waals surface area contributed by atoms with Gasteiger partial charge in [0, 0.05) is 17.3 Å². The number of nitrogens with one attached hydrogen (secondary N) is 1. The molecule has 0 spiro atoms. The summed E-state index contributed by atoms with van der Waals surface area (Å²) in [6.45, 7) is 1.74. The van der Waals surface area contributed by atoms with Crippen molar-refractivity contribution in [3.8, 4) is 11.5 Å². The Morgan fingerprint density at radius 2 is 1.91 bits per heavy atom. The molecule has 0 bridgehead atoms. The molecule has 0 heterocycles. The molecule has 0 radical (unpaired) electrons. The van der Waals surface area contributed by atoms with E-state index in [-0.39, 0.29) is 18.1 Å². The van der Waals surface area contributed by atoms with E-state index in [9.17, 15) is 9.18 Å². The van der Waals surface area contributed by atoms with Crippen molar-refractivity contribution >= 4 is 11.6 Å². The third-order valence-corrected chi connectivity index (χ3v) is 3.31. The van der Waals surface area contributed by atoms with Crippen LogP contribution in [0.3, 0.4) is 0 Å². The van der Waals surface area contributed by atoms with E-state index in [1.165, 1.54) is 12.1 Å². The SMILES string of the molecule is COc1ccc(CC(=O)Nc2ccc(F)cc2C)c(OC)c1. The third-order valence-electron chi connectivity index (χ3n) is 3.31. The van der Waals surface area contributed by atoms with Gasteiger partial charge in [-0.15, -0.1) is 0 Å². The van der Waals surface area contributed by atoms with Crippen LogP contribution in [0.1, 0.15) is 11.1 Å². The standard InChI is InChI=1S/C17H18FNO3/c1-11-8-13(18)5-7-15(11)19-17(20)9-12-4-6-14(21-2)10-16(12)22-3/h4-8,10H,9H2,1-3H3,(H,19,20). The van der Waals surface area contributed by atoms with E-state index in [1.54, 1.807) is 45.4 Å². The number of carbonyl (C=O) groups excluding carboxylic acids is 1. The molecule has 0 aliphatic heterocycles. The lowest BCUT2D eigenvalue weighted by atomic mass is 10.1. The van der Waals surface area contributed by atoms with E-state index in [2.05, 4.69) is 5.32 Å². The summed E-state index contributed by atoms with van der Waals surface area (Å²) in [5, 5.41) is 2.77. The summed E-state index contributed by atoms with van der Waals surface area (Å²) in [7, 11) is 3.11. The number of benzene rings is 2. The van der Waals surface area contributed by atoms with Gasteiger partial charge in [-0.3, -0.25) is 4.79 Å². The summed E-state index contributed by atoms with van der Waals surface area (Å²) in [6, 6.07) is 9.53. The van der Waals surface area contributed by atoms with Crippen molar-refractivity contribution in [3.05, 3.63) is 53.3 Å². The number of hydrogen-bond donors (Lipinski definition) is 1. The first kappa shape index (κ1) is 15.8. The first-order chi connectivity index (χ1) is 10.5. The van der Waals surface area contributed by atoms with Crippen LogP contribution in [0.25, 0.3) is 0 Å². The van der Waals surface area contributed by atoms with Crippen molar-refractivity contribution in [1.29, 1.82) is 0 Å². The minimum absolute atomic E-state index is 0.157. The summed E-state index contributed by atoms with van der Waals surface area (Å²) < 4.78 is 23.5. The van der Waals surface area contributed by atoms with Gasteiger partial charge in [0.2, 0.25) is 5.91 Å². The Labute approximate surface area is 128 Å². The molecule has 0 fully saturated rings. The number of ether oxygens (including phenoxy) is 2. The summed E-state index contributed by atoms with van der Waals surface area (Å²) in [5.74, 6) is 0.728. The van der Waals surface area contributed by atoms with Crippen molar-refractivity contribution < 1.29 is 18.7 Å². The molecule has 116 valence electrons. The molecule has 0 aliphatic carbocycles. The highest BCUT2D eigenvalue weighted by molar-refractivity contribution is 5.93. The monoisotopic (exact) mass is 303 g/mol. The number of halogens is 1. The fourth-order valence-electron chi connectivity index (χ4n) is 2.13. The van der Waals surface area contributed by atoms with Gasteiger partial charge in [0.25, 0.3) is 0 Å². The zero-order valence-corrected chi connectivity index (χ0v) is 12.8. The third kappa shape index (κ3) is 3.75. The maximum absolute atomic E-state index is 13.1. The van der Waals surface area contributed by atoms with Crippen LogP contribution < -0.4 is 14.8 Å². The number of aryl methyl sites for hydroxylation is 1. The topological polar surface area (TPSA) is 47.6 Å². The molecule has 5 heteroatoms. The number of carbonyl (C=O) groups is 1. The predicted molar refractivity (Wildman–Crippen MR) is 83.0 cm³/mol. The fourth-order valence-corrected chi connectivity index (χ4v) is 2.13. The largest absolute Gasteiger partial charge is 0.497 e. The number of rotatable bonds is 5. The van der Waals surface area contributed by atoms with Crippen LogP contribution >= 0.6 is 0 Å². The van der Waals surface area contributed by atoms with Crippen LogP contribution in [0.2, 0.25) is 0 Å². The average Bonchev–Trinajstić information content (AvgIpc) is 2.50. The Bertz CT molecular complexity index is 686. The molecule has 1 N–H and O–H groups in total. The maximum atomic E-state index is 13.1. The van der Waals surface area contributed by atoms with E-state index < -0.39 is 0 Å². The lowest BCUT2D eigenvalue weighted by molar-refractivity contribution is -0.115. The molecule has 0 aliphatic rings. The molecule has 2 rings (SSSR count). The molecule has 4 nitrogen and oxygen atoms in total. The van der Waals surface area contributed by atoms with Crippen molar-refractivity contribution in [2.75, 3.05) is 19.5 Å². The van der Waals surface area contributed by atoms with E-state index in [4.69, 9.17) is 9.47 Å². The highest BCUT2D eigenvalue weighted by Crippen LogP contribution is 2.25. The van der Waals surface area contributed by atoms with Gasteiger partial charge in [0.1, 0.15) is 17.3 Å². The minimum Gasteiger partial charge on any atom is -0.497 e. The molecule has 0 saturated carbocycles. The van der Waals surface area contributed by atoms with E-state index >= 15 is 0 Å². The van der Waals surface area contributed by atoms with Crippen LogP contribution in [0.4, 0.5) is 10.1 Å². The van der Waals surface area contributed by atoms with Crippen LogP contribution in [-0.2, 0) is 11.2 Å². The average molecular weight is 303 g/mol. The maximum Gasteiger partial charge on any atom is 0.228 e. The van der Waals surface area contributed by atoms with Gasteiger partial charge in [-0.25, -0.2) is 4.39 Å². The Hall–Kier alpha value is -2.56. The second kappa shape index (κ2) is 6.93.